The van der Waals surface area contributed by atoms with Crippen molar-refractivity contribution in [3.8, 4) is 0 Å². The van der Waals surface area contributed by atoms with Crippen molar-refractivity contribution in [2.24, 2.45) is 46.2 Å². The zero-order valence-electron chi connectivity index (χ0n) is 26.6. The van der Waals surface area contributed by atoms with Gasteiger partial charge in [0.15, 0.2) is 0 Å². The second-order valence-electron chi connectivity index (χ2n) is 15.2. The van der Waals surface area contributed by atoms with Crippen LogP contribution in [0.3, 0.4) is 0 Å². The number of fused-ring (bicyclic) bond motifs is 1. The highest BCUT2D eigenvalue weighted by atomic mass is 16.2. The highest BCUT2D eigenvalue weighted by molar-refractivity contribution is 6.37. The highest BCUT2D eigenvalue weighted by Crippen LogP contribution is 2.65. The van der Waals surface area contributed by atoms with E-state index in [1.165, 1.54) is 4.90 Å². The Morgan fingerprint density at radius 2 is 1.53 bits per heavy atom. The highest BCUT2D eigenvalue weighted by Gasteiger charge is 2.70. The molecule has 0 aromatic rings. The summed E-state index contributed by atoms with van der Waals surface area (Å²) in [7, 11) is 0. The molecule has 0 bridgehead atoms. The van der Waals surface area contributed by atoms with Gasteiger partial charge in [0.25, 0.3) is 5.91 Å². The minimum Gasteiger partial charge on any atom is -0.363 e. The summed E-state index contributed by atoms with van der Waals surface area (Å²) >= 11 is 0. The average molecular weight is 603 g/mol. The molecule has 0 aromatic heterocycles. The lowest BCUT2D eigenvalue weighted by atomic mass is 9.85. The molecular formula is C31H50N6O6. The molecule has 6 atom stereocenters. The second-order valence-corrected chi connectivity index (χ2v) is 15.2. The number of hydrogen-bond acceptors (Lipinski definition) is 6. The molecule has 2 unspecified atom stereocenters. The number of nitrogens with zero attached hydrogens (tertiary/aromatic N) is 1. The number of Topliss-reactive ketones (excluding diaryl/α,β-unsaturated/α-hetero) is 1. The third kappa shape index (κ3) is 7.49. The van der Waals surface area contributed by atoms with Crippen LogP contribution in [0, 0.1) is 40.4 Å². The number of carbonyl (C=O) groups is 6. The average Bonchev–Trinajstić information content (AvgIpc) is 3.85. The summed E-state index contributed by atoms with van der Waals surface area (Å²) in [6.45, 7) is 14.2. The molecule has 3 aliphatic carbocycles. The number of amides is 6. The van der Waals surface area contributed by atoms with Crippen LogP contribution in [0.5, 0.6) is 0 Å². The molecule has 0 spiro atoms. The van der Waals surface area contributed by atoms with Gasteiger partial charge in [-0.15, -0.1) is 0 Å². The number of rotatable bonds is 13. The number of carbonyl (C=O) groups excluding carboxylic acids is 6. The van der Waals surface area contributed by atoms with E-state index >= 15 is 0 Å². The number of nitrogens with two attached hydrogens (primary N) is 1. The molecule has 0 aromatic carbocycles. The van der Waals surface area contributed by atoms with Crippen molar-refractivity contribution in [2.45, 2.75) is 105 Å². The quantitative estimate of drug-likeness (QED) is 0.197. The van der Waals surface area contributed by atoms with E-state index in [1.807, 2.05) is 48.5 Å². The molecular weight excluding hydrogens is 552 g/mol. The summed E-state index contributed by atoms with van der Waals surface area (Å²) in [6.07, 6.45) is 4.36. The normalized spacial score (nSPS) is 26.0. The van der Waals surface area contributed by atoms with E-state index < -0.39 is 59.1 Å². The van der Waals surface area contributed by atoms with Gasteiger partial charge in [-0.3, -0.25) is 24.0 Å². The maximum absolute atomic E-state index is 14.2. The molecule has 0 radical (unpaired) electrons. The second kappa shape index (κ2) is 12.1. The molecule has 43 heavy (non-hydrogen) atoms. The predicted molar refractivity (Wildman–Crippen MR) is 159 cm³/mol. The van der Waals surface area contributed by atoms with Crippen molar-refractivity contribution >= 4 is 35.4 Å². The first-order valence-corrected chi connectivity index (χ1v) is 15.7. The molecule has 1 aliphatic heterocycles. The van der Waals surface area contributed by atoms with E-state index in [9.17, 15) is 28.8 Å². The Balaban J connectivity index is 1.49. The number of hydrogen-bond donors (Lipinski definition) is 5. The molecule has 4 aliphatic rings. The number of nitrogens with one attached hydrogen (secondary N) is 4. The maximum Gasteiger partial charge on any atom is 0.316 e. The molecule has 12 nitrogen and oxygen atoms in total. The van der Waals surface area contributed by atoms with Crippen LogP contribution in [-0.4, -0.2) is 77.6 Å². The first kappa shape index (κ1) is 32.7. The lowest BCUT2D eigenvalue weighted by Crippen LogP contribution is -2.62. The lowest BCUT2D eigenvalue weighted by Gasteiger charge is -2.38. The number of likely N-dealkylation sites (tertiary alicyclic amines) is 1. The number of ketones is 1. The summed E-state index contributed by atoms with van der Waals surface area (Å²) in [6, 6.07) is -4.31. The van der Waals surface area contributed by atoms with Gasteiger partial charge in [-0.2, -0.15) is 0 Å². The molecule has 6 N–H and O–H groups in total. The fourth-order valence-electron chi connectivity index (χ4n) is 6.50. The smallest absolute Gasteiger partial charge is 0.316 e. The van der Waals surface area contributed by atoms with Gasteiger partial charge in [-0.05, 0) is 59.7 Å². The maximum atomic E-state index is 14.2. The Kier molecular flexibility index (Phi) is 9.19. The van der Waals surface area contributed by atoms with Crippen LogP contribution in [0.1, 0.15) is 80.6 Å². The number of piperidine rings is 1. The van der Waals surface area contributed by atoms with E-state index in [0.717, 1.165) is 25.7 Å². The van der Waals surface area contributed by atoms with Gasteiger partial charge in [-0.1, -0.05) is 61.3 Å². The van der Waals surface area contributed by atoms with Gasteiger partial charge in [-0.25, -0.2) is 4.79 Å². The van der Waals surface area contributed by atoms with Crippen molar-refractivity contribution in [3.63, 3.8) is 0 Å². The van der Waals surface area contributed by atoms with Gasteiger partial charge in [0.1, 0.15) is 18.1 Å². The van der Waals surface area contributed by atoms with Crippen molar-refractivity contribution in [2.75, 3.05) is 13.1 Å². The Hall–Kier alpha value is -3.18. The van der Waals surface area contributed by atoms with Crippen molar-refractivity contribution < 1.29 is 28.8 Å². The van der Waals surface area contributed by atoms with E-state index in [1.54, 1.807) is 0 Å². The standard InChI is InChI=1S/C31H50N6O6/c1-15(2)21(26(40)33-13-17-10-11-17)35-29(43)36-24(30(3,4)5)28(42)37-14-18-20(31(18,6)7)22(37)27(41)34-19(12-16-8-9-16)23(38)25(32)39/h15-22,24H,8-14H2,1-7H3,(H2,32,39)(H,33,40)(H,34,41)(H2,35,36,43)/t18-,19?,20-,21-,22?,24+/m0/s1. The molecule has 1 heterocycles. The van der Waals surface area contributed by atoms with Crippen LogP contribution in [0.25, 0.3) is 0 Å². The van der Waals surface area contributed by atoms with Crippen molar-refractivity contribution in [1.29, 1.82) is 0 Å². The van der Waals surface area contributed by atoms with Crippen LogP contribution in [0.4, 0.5) is 4.79 Å². The summed E-state index contributed by atoms with van der Waals surface area (Å²) in [4.78, 5) is 79.8. The molecule has 4 rings (SSSR count). The molecule has 6 amide bonds. The van der Waals surface area contributed by atoms with Crippen LogP contribution in [0.2, 0.25) is 0 Å². The van der Waals surface area contributed by atoms with Gasteiger partial charge in [0.2, 0.25) is 23.5 Å². The van der Waals surface area contributed by atoms with Gasteiger partial charge >= 0.3 is 6.03 Å². The topological polar surface area (TPSA) is 180 Å². The first-order chi connectivity index (χ1) is 19.9. The predicted octanol–water partition coefficient (Wildman–Crippen LogP) is 1.07. The zero-order valence-corrected chi connectivity index (χ0v) is 26.6. The summed E-state index contributed by atoms with van der Waals surface area (Å²) < 4.78 is 0. The van der Waals surface area contributed by atoms with Crippen LogP contribution in [0.15, 0.2) is 0 Å². The van der Waals surface area contributed by atoms with Crippen LogP contribution in [-0.2, 0) is 24.0 Å². The largest absolute Gasteiger partial charge is 0.363 e. The van der Waals surface area contributed by atoms with Crippen molar-refractivity contribution in [3.05, 3.63) is 0 Å². The minimum absolute atomic E-state index is 0.0795. The fraction of sp³-hybridized carbons (Fsp3) is 0.806. The van der Waals surface area contributed by atoms with E-state index in [4.69, 9.17) is 5.73 Å². The van der Waals surface area contributed by atoms with Gasteiger partial charge < -0.3 is 31.9 Å². The Labute approximate surface area is 254 Å². The lowest BCUT2D eigenvalue weighted by molar-refractivity contribution is -0.145. The Morgan fingerprint density at radius 1 is 0.930 bits per heavy atom. The number of primary amides is 1. The fourth-order valence-corrected chi connectivity index (χ4v) is 6.50. The summed E-state index contributed by atoms with van der Waals surface area (Å²) in [5.41, 5.74) is 4.37. The summed E-state index contributed by atoms with van der Waals surface area (Å²) in [5, 5.41) is 11.2. The Morgan fingerprint density at radius 3 is 2.05 bits per heavy atom. The van der Waals surface area contributed by atoms with E-state index in [2.05, 4.69) is 21.3 Å². The van der Waals surface area contributed by atoms with Gasteiger partial charge in [0.05, 0.1) is 6.04 Å². The molecule has 12 heteroatoms. The zero-order chi connectivity index (χ0) is 32.0. The molecule has 240 valence electrons. The van der Waals surface area contributed by atoms with Gasteiger partial charge in [0, 0.05) is 13.1 Å². The van der Waals surface area contributed by atoms with Crippen LogP contribution < -0.4 is 27.0 Å². The molecule has 1 saturated heterocycles. The Bertz CT molecular complexity index is 1150. The number of urea groups is 1. The summed E-state index contributed by atoms with van der Waals surface area (Å²) in [5.74, 6) is -2.59. The molecule has 4 fully saturated rings. The monoisotopic (exact) mass is 602 g/mol. The molecule has 3 saturated carbocycles. The SMILES string of the molecule is CC(C)[C@H](NC(=O)N[C@H](C(=O)N1C[C@H]2[C@@H](C1C(=O)NC(CC1CC1)C(=O)C(N)=O)C2(C)C)C(C)(C)C)C(=O)NCC1CC1. The third-order valence-electron chi connectivity index (χ3n) is 9.79. The van der Waals surface area contributed by atoms with E-state index in [0.29, 0.717) is 25.4 Å². The first-order valence-electron chi connectivity index (χ1n) is 15.7. The third-order valence-corrected chi connectivity index (χ3v) is 9.79. The van der Waals surface area contributed by atoms with Crippen LogP contribution >= 0.6 is 0 Å². The minimum atomic E-state index is -1.10. The van der Waals surface area contributed by atoms with Crippen molar-refractivity contribution in [1.82, 2.24) is 26.2 Å². The van der Waals surface area contributed by atoms with E-state index in [-0.39, 0.29) is 35.0 Å².